The zero-order valence-electron chi connectivity index (χ0n) is 17.9. The number of hydrogen-bond acceptors (Lipinski definition) is 4. The van der Waals surface area contributed by atoms with Gasteiger partial charge in [-0.1, -0.05) is 48.2 Å². The second-order valence-corrected chi connectivity index (χ2v) is 9.29. The van der Waals surface area contributed by atoms with Gasteiger partial charge in [-0.15, -0.1) is 0 Å². The van der Waals surface area contributed by atoms with Crippen LogP contribution < -0.4 is 4.90 Å². The lowest BCUT2D eigenvalue weighted by atomic mass is 9.79. The molecule has 2 aromatic carbocycles. The molecule has 1 spiro atoms. The Hall–Kier alpha value is -2.11. The SMILES string of the molecule is CSC1=NC(=Nc2c(C)cccc2C)C2(CCOC(C)(C)C2)N1c1ccccc1. The van der Waals surface area contributed by atoms with Crippen molar-refractivity contribution < 1.29 is 4.74 Å². The van der Waals surface area contributed by atoms with Crippen LogP contribution in [0, 0.1) is 13.8 Å². The van der Waals surface area contributed by atoms with Crippen LogP contribution in [-0.4, -0.2) is 35.0 Å². The summed E-state index contributed by atoms with van der Waals surface area (Å²) in [6.07, 6.45) is 3.80. The maximum absolute atomic E-state index is 6.11. The van der Waals surface area contributed by atoms with Crippen LogP contribution in [-0.2, 0) is 4.74 Å². The summed E-state index contributed by atoms with van der Waals surface area (Å²) in [4.78, 5) is 12.7. The zero-order valence-corrected chi connectivity index (χ0v) is 18.7. The van der Waals surface area contributed by atoms with Crippen LogP contribution in [0.25, 0.3) is 0 Å². The number of hydrogen-bond donors (Lipinski definition) is 0. The largest absolute Gasteiger partial charge is 0.375 e. The molecule has 0 aromatic heterocycles. The Labute approximate surface area is 178 Å². The molecule has 0 bridgehead atoms. The van der Waals surface area contributed by atoms with E-state index in [0.717, 1.165) is 35.2 Å². The minimum Gasteiger partial charge on any atom is -0.375 e. The van der Waals surface area contributed by atoms with Crippen LogP contribution in [0.15, 0.2) is 58.5 Å². The Morgan fingerprint density at radius 1 is 1.03 bits per heavy atom. The molecule has 4 nitrogen and oxygen atoms in total. The molecular formula is C24H29N3OS. The number of benzene rings is 2. The van der Waals surface area contributed by atoms with Crippen molar-refractivity contribution in [2.75, 3.05) is 17.8 Å². The predicted octanol–water partition coefficient (Wildman–Crippen LogP) is 5.90. The highest BCUT2D eigenvalue weighted by molar-refractivity contribution is 8.13. The third kappa shape index (κ3) is 3.62. The van der Waals surface area contributed by atoms with E-state index in [4.69, 9.17) is 14.7 Å². The standard InChI is InChI=1S/C24H29N3OS/c1-17-10-9-11-18(2)20(17)25-21-24(14-15-28-23(3,4)16-24)27(22(26-21)29-5)19-12-7-6-8-13-19/h6-13H,14-16H2,1-5H3. The van der Waals surface area contributed by atoms with E-state index in [1.807, 2.05) is 0 Å². The first-order valence-electron chi connectivity index (χ1n) is 10.1. The molecular weight excluding hydrogens is 378 g/mol. The molecule has 0 N–H and O–H groups in total. The van der Waals surface area contributed by atoms with Gasteiger partial charge in [-0.25, -0.2) is 9.98 Å². The lowest BCUT2D eigenvalue weighted by Gasteiger charge is -2.47. The molecule has 2 aliphatic rings. The van der Waals surface area contributed by atoms with Crippen molar-refractivity contribution in [2.45, 2.75) is 51.7 Å². The van der Waals surface area contributed by atoms with Gasteiger partial charge in [0.1, 0.15) is 5.54 Å². The van der Waals surface area contributed by atoms with Crippen molar-refractivity contribution in [1.82, 2.24) is 0 Å². The molecule has 29 heavy (non-hydrogen) atoms. The molecule has 4 rings (SSSR count). The van der Waals surface area contributed by atoms with Crippen molar-refractivity contribution >= 4 is 34.1 Å². The molecule has 5 heteroatoms. The molecule has 152 valence electrons. The summed E-state index contributed by atoms with van der Waals surface area (Å²) in [5, 5.41) is 0.999. The molecule has 0 saturated carbocycles. The Morgan fingerprint density at radius 3 is 2.34 bits per heavy atom. The summed E-state index contributed by atoms with van der Waals surface area (Å²) < 4.78 is 6.11. The van der Waals surface area contributed by atoms with Crippen LogP contribution in [0.1, 0.15) is 37.8 Å². The van der Waals surface area contributed by atoms with Crippen molar-refractivity contribution in [1.29, 1.82) is 0 Å². The number of aryl methyl sites for hydroxylation is 2. The fourth-order valence-corrected chi connectivity index (χ4v) is 5.18. The van der Waals surface area contributed by atoms with Gasteiger partial charge >= 0.3 is 0 Å². The third-order valence-electron chi connectivity index (χ3n) is 5.82. The molecule has 2 aromatic rings. The van der Waals surface area contributed by atoms with Gasteiger partial charge < -0.3 is 9.64 Å². The van der Waals surface area contributed by atoms with E-state index in [2.05, 4.69) is 87.4 Å². The first-order valence-corrected chi connectivity index (χ1v) is 11.4. The first-order chi connectivity index (χ1) is 13.9. The summed E-state index contributed by atoms with van der Waals surface area (Å²) in [6.45, 7) is 9.28. The lowest BCUT2D eigenvalue weighted by molar-refractivity contribution is -0.0663. The van der Waals surface area contributed by atoms with Crippen LogP contribution in [0.5, 0.6) is 0 Å². The second-order valence-electron chi connectivity index (χ2n) is 8.51. The Kier molecular flexibility index (Phi) is 5.30. The van der Waals surface area contributed by atoms with Gasteiger partial charge in [-0.05, 0) is 57.2 Å². The molecule has 1 unspecified atom stereocenters. The van der Waals surface area contributed by atoms with E-state index in [9.17, 15) is 0 Å². The monoisotopic (exact) mass is 407 g/mol. The molecule has 0 radical (unpaired) electrons. The summed E-state index contributed by atoms with van der Waals surface area (Å²) in [6, 6.07) is 16.9. The number of anilines is 1. The highest BCUT2D eigenvalue weighted by atomic mass is 32.2. The number of nitrogens with zero attached hydrogens (tertiary/aromatic N) is 3. The third-order valence-corrected chi connectivity index (χ3v) is 6.46. The highest BCUT2D eigenvalue weighted by Gasteiger charge is 2.54. The van der Waals surface area contributed by atoms with Gasteiger partial charge in [0.05, 0.1) is 11.3 Å². The summed E-state index contributed by atoms with van der Waals surface area (Å²) in [7, 11) is 0. The normalized spacial score (nSPS) is 24.9. The molecule has 2 heterocycles. The Balaban J connectivity index is 1.92. The second kappa shape index (κ2) is 7.62. The average Bonchev–Trinajstić information content (AvgIpc) is 2.96. The molecule has 1 saturated heterocycles. The van der Waals surface area contributed by atoms with Gasteiger partial charge in [0, 0.05) is 25.1 Å². The van der Waals surface area contributed by atoms with Crippen LogP contribution >= 0.6 is 11.8 Å². The summed E-state index contributed by atoms with van der Waals surface area (Å²) in [5.74, 6) is 0.902. The fraction of sp³-hybridized carbons (Fsp3) is 0.417. The fourth-order valence-electron chi connectivity index (χ4n) is 4.54. The number of amidine groups is 2. The van der Waals surface area contributed by atoms with Gasteiger partial charge in [0.2, 0.25) is 0 Å². The van der Waals surface area contributed by atoms with Crippen LogP contribution in [0.2, 0.25) is 0 Å². The van der Waals surface area contributed by atoms with E-state index >= 15 is 0 Å². The van der Waals surface area contributed by atoms with Gasteiger partial charge in [0.15, 0.2) is 11.0 Å². The van der Waals surface area contributed by atoms with Gasteiger partial charge in [0.25, 0.3) is 0 Å². The predicted molar refractivity (Wildman–Crippen MR) is 125 cm³/mol. The smallest absolute Gasteiger partial charge is 0.170 e. The van der Waals surface area contributed by atoms with Crippen molar-refractivity contribution in [3.8, 4) is 0 Å². The maximum atomic E-state index is 6.11. The Morgan fingerprint density at radius 2 is 1.72 bits per heavy atom. The minimum absolute atomic E-state index is 0.240. The molecule has 0 amide bonds. The lowest BCUT2D eigenvalue weighted by Crippen LogP contribution is -2.59. The molecule has 1 atom stereocenters. The molecule has 1 fully saturated rings. The van der Waals surface area contributed by atoms with Gasteiger partial charge in [-0.3, -0.25) is 0 Å². The summed E-state index contributed by atoms with van der Waals surface area (Å²) >= 11 is 1.68. The number of rotatable bonds is 2. The van der Waals surface area contributed by atoms with Crippen molar-refractivity contribution in [2.24, 2.45) is 9.98 Å². The number of ether oxygens (including phenoxy) is 1. The van der Waals surface area contributed by atoms with Crippen LogP contribution in [0.4, 0.5) is 11.4 Å². The average molecular weight is 408 g/mol. The number of aliphatic imine (C=N–C) groups is 2. The minimum atomic E-state index is -0.309. The van der Waals surface area contributed by atoms with Gasteiger partial charge in [-0.2, -0.15) is 0 Å². The van der Waals surface area contributed by atoms with E-state index < -0.39 is 0 Å². The number of para-hydroxylation sites is 2. The van der Waals surface area contributed by atoms with Crippen LogP contribution in [0.3, 0.4) is 0 Å². The maximum Gasteiger partial charge on any atom is 0.170 e. The molecule has 0 aliphatic carbocycles. The Bertz CT molecular complexity index is 947. The van der Waals surface area contributed by atoms with E-state index in [-0.39, 0.29) is 11.1 Å². The molecule has 2 aliphatic heterocycles. The van der Waals surface area contributed by atoms with E-state index in [1.54, 1.807) is 11.8 Å². The van der Waals surface area contributed by atoms with Crippen molar-refractivity contribution in [3.63, 3.8) is 0 Å². The zero-order chi connectivity index (χ0) is 20.6. The first kappa shape index (κ1) is 20.2. The van der Waals surface area contributed by atoms with E-state index in [1.165, 1.54) is 11.1 Å². The quantitative estimate of drug-likeness (QED) is 0.622. The topological polar surface area (TPSA) is 37.2 Å². The summed E-state index contributed by atoms with van der Waals surface area (Å²) in [5.41, 5.74) is 4.00. The highest BCUT2D eigenvalue weighted by Crippen LogP contribution is 2.45. The number of thioether (sulfide) groups is 1. The van der Waals surface area contributed by atoms with Crippen molar-refractivity contribution in [3.05, 3.63) is 59.7 Å². The van der Waals surface area contributed by atoms with E-state index in [0.29, 0.717) is 6.61 Å².